The maximum absolute atomic E-state index is 5.00. The van der Waals surface area contributed by atoms with E-state index in [4.69, 9.17) is 9.97 Å². The van der Waals surface area contributed by atoms with Crippen LogP contribution in [0, 0.1) is 6.92 Å². The molecule has 0 N–H and O–H groups in total. The monoisotopic (exact) mass is 434 g/mol. The molecule has 5 aromatic rings. The Labute approximate surface area is 195 Å². The van der Waals surface area contributed by atoms with Crippen LogP contribution in [-0.4, -0.2) is 19.1 Å². The summed E-state index contributed by atoms with van der Waals surface area (Å²) in [6.07, 6.45) is 3.98. The van der Waals surface area contributed by atoms with Crippen LogP contribution >= 0.6 is 0 Å². The topological polar surface area (TPSA) is 35.6 Å². The zero-order valence-corrected chi connectivity index (χ0v) is 19.9. The molecule has 4 nitrogen and oxygen atoms in total. The smallest absolute Gasteiger partial charge is 0.146 e. The van der Waals surface area contributed by atoms with Crippen LogP contribution in [0.15, 0.2) is 79.1 Å². The Kier molecular flexibility index (Phi) is 5.37. The molecule has 0 spiro atoms. The van der Waals surface area contributed by atoms with Crippen molar-refractivity contribution in [2.24, 2.45) is 0 Å². The molecule has 0 bridgehead atoms. The van der Waals surface area contributed by atoms with Crippen molar-refractivity contribution in [3.8, 4) is 22.8 Å². The molecular weight excluding hydrogens is 404 g/mol. The van der Waals surface area contributed by atoms with E-state index >= 15 is 0 Å². The van der Waals surface area contributed by atoms with Crippen molar-refractivity contribution in [1.82, 2.24) is 19.1 Å². The normalized spacial score (nSPS) is 11.7. The van der Waals surface area contributed by atoms with E-state index in [0.29, 0.717) is 11.8 Å². The van der Waals surface area contributed by atoms with Gasteiger partial charge in [-0.05, 0) is 54.2 Å². The van der Waals surface area contributed by atoms with Crippen LogP contribution in [0.3, 0.4) is 0 Å². The number of hydrogen-bond acceptors (Lipinski definition) is 2. The zero-order valence-electron chi connectivity index (χ0n) is 19.9. The van der Waals surface area contributed by atoms with Gasteiger partial charge in [-0.15, -0.1) is 0 Å². The first-order chi connectivity index (χ1) is 16.0. The molecule has 2 aromatic heterocycles. The third kappa shape index (κ3) is 3.56. The van der Waals surface area contributed by atoms with Gasteiger partial charge in [-0.3, -0.25) is 9.13 Å². The molecule has 2 heterocycles. The van der Waals surface area contributed by atoms with Crippen LogP contribution in [0.5, 0.6) is 0 Å². The minimum atomic E-state index is 0.407. The zero-order chi connectivity index (χ0) is 23.1. The number of fused-ring (bicyclic) bond motifs is 1. The summed E-state index contributed by atoms with van der Waals surface area (Å²) < 4.78 is 4.48. The Balaban J connectivity index is 1.77. The molecule has 0 atom stereocenters. The van der Waals surface area contributed by atoms with E-state index in [1.807, 2.05) is 12.3 Å². The minimum Gasteiger partial charge on any atom is -0.299 e. The van der Waals surface area contributed by atoms with Gasteiger partial charge in [0.2, 0.25) is 0 Å². The maximum atomic E-state index is 5.00. The summed E-state index contributed by atoms with van der Waals surface area (Å²) in [4.78, 5) is 9.84. The number of para-hydroxylation sites is 3. The Morgan fingerprint density at radius 2 is 1.42 bits per heavy atom. The van der Waals surface area contributed by atoms with Crippen LogP contribution in [0.2, 0.25) is 0 Å². The lowest BCUT2D eigenvalue weighted by molar-refractivity contribution is 0.807. The van der Waals surface area contributed by atoms with Crippen molar-refractivity contribution in [2.75, 3.05) is 0 Å². The Bertz CT molecular complexity index is 1390. The Hall–Kier alpha value is -3.66. The highest BCUT2D eigenvalue weighted by molar-refractivity contribution is 5.92. The number of aryl methyl sites for hydroxylation is 1. The van der Waals surface area contributed by atoms with Gasteiger partial charge in [0.15, 0.2) is 0 Å². The fourth-order valence-corrected chi connectivity index (χ4v) is 4.77. The fourth-order valence-electron chi connectivity index (χ4n) is 4.77. The molecule has 0 saturated carbocycles. The van der Waals surface area contributed by atoms with Gasteiger partial charge in [0, 0.05) is 23.6 Å². The molecule has 5 rings (SSSR count). The first kappa shape index (κ1) is 21.2. The van der Waals surface area contributed by atoms with Crippen LogP contribution in [0.1, 0.15) is 56.5 Å². The largest absolute Gasteiger partial charge is 0.299 e. The number of benzene rings is 3. The maximum Gasteiger partial charge on any atom is 0.146 e. The number of hydrogen-bond donors (Lipinski definition) is 0. The first-order valence-corrected chi connectivity index (χ1v) is 11.7. The molecule has 166 valence electrons. The van der Waals surface area contributed by atoms with E-state index in [-0.39, 0.29) is 0 Å². The van der Waals surface area contributed by atoms with E-state index in [0.717, 1.165) is 33.9 Å². The van der Waals surface area contributed by atoms with Crippen LogP contribution < -0.4 is 0 Å². The Morgan fingerprint density at radius 1 is 0.758 bits per heavy atom. The average Bonchev–Trinajstić information content (AvgIpc) is 3.42. The van der Waals surface area contributed by atoms with Crippen LogP contribution in [-0.2, 0) is 0 Å². The molecule has 0 aliphatic carbocycles. The average molecular weight is 435 g/mol. The number of aromatic nitrogens is 4. The molecule has 0 radical (unpaired) electrons. The van der Waals surface area contributed by atoms with Crippen molar-refractivity contribution in [3.05, 3.63) is 96.1 Å². The van der Waals surface area contributed by atoms with Gasteiger partial charge in [0.1, 0.15) is 17.2 Å². The fraction of sp³-hybridized carbons (Fsp3) is 0.241. The molecule has 0 amide bonds. The number of rotatable bonds is 5. The van der Waals surface area contributed by atoms with Gasteiger partial charge in [-0.2, -0.15) is 0 Å². The van der Waals surface area contributed by atoms with Crippen molar-refractivity contribution >= 4 is 11.0 Å². The van der Waals surface area contributed by atoms with Gasteiger partial charge in [-0.1, -0.05) is 70.2 Å². The molecule has 0 fully saturated rings. The van der Waals surface area contributed by atoms with Gasteiger partial charge < -0.3 is 0 Å². The quantitative estimate of drug-likeness (QED) is 0.288. The standard InChI is InChI=1S/C29H30N4/c1-19(2)23-13-9-14-24(20(3)4)28(23)32-18-17-30-29(32)25-15-10-16-26-27(25)31-21(5)33(26)22-11-7-6-8-12-22/h6-20H,1-5H3. The van der Waals surface area contributed by atoms with Crippen molar-refractivity contribution < 1.29 is 0 Å². The van der Waals surface area contributed by atoms with Gasteiger partial charge in [0.05, 0.1) is 11.2 Å². The lowest BCUT2D eigenvalue weighted by Crippen LogP contribution is -2.08. The molecule has 0 saturated heterocycles. The predicted octanol–water partition coefficient (Wildman–Crippen LogP) is 7.43. The summed E-state index contributed by atoms with van der Waals surface area (Å²) in [7, 11) is 0. The predicted molar refractivity (Wildman–Crippen MR) is 137 cm³/mol. The van der Waals surface area contributed by atoms with Crippen LogP contribution in [0.4, 0.5) is 0 Å². The molecule has 0 aliphatic rings. The second-order valence-corrected chi connectivity index (χ2v) is 9.22. The summed E-state index contributed by atoms with van der Waals surface area (Å²) in [5, 5.41) is 0. The van der Waals surface area contributed by atoms with Gasteiger partial charge >= 0.3 is 0 Å². The van der Waals surface area contributed by atoms with E-state index in [1.54, 1.807) is 0 Å². The van der Waals surface area contributed by atoms with E-state index in [9.17, 15) is 0 Å². The van der Waals surface area contributed by atoms with Gasteiger partial charge in [0.25, 0.3) is 0 Å². The van der Waals surface area contributed by atoms with Crippen molar-refractivity contribution in [3.63, 3.8) is 0 Å². The number of nitrogens with zero attached hydrogens (tertiary/aromatic N) is 4. The highest BCUT2D eigenvalue weighted by atomic mass is 15.1. The summed E-state index contributed by atoms with van der Waals surface area (Å²) in [6, 6.07) is 23.4. The third-order valence-electron chi connectivity index (χ3n) is 6.33. The second kappa shape index (κ2) is 8.36. The number of imidazole rings is 2. The van der Waals surface area contributed by atoms with Crippen molar-refractivity contribution in [1.29, 1.82) is 0 Å². The summed E-state index contributed by atoms with van der Waals surface area (Å²) in [6.45, 7) is 11.1. The Morgan fingerprint density at radius 3 is 2.09 bits per heavy atom. The molecule has 0 unspecified atom stereocenters. The highest BCUT2D eigenvalue weighted by Gasteiger charge is 2.21. The van der Waals surface area contributed by atoms with Gasteiger partial charge in [-0.25, -0.2) is 9.97 Å². The minimum absolute atomic E-state index is 0.407. The molecule has 4 heteroatoms. The second-order valence-electron chi connectivity index (χ2n) is 9.22. The first-order valence-electron chi connectivity index (χ1n) is 11.7. The summed E-state index contributed by atoms with van der Waals surface area (Å²) in [5.74, 6) is 2.70. The van der Waals surface area contributed by atoms with E-state index in [1.165, 1.54) is 16.8 Å². The van der Waals surface area contributed by atoms with Crippen molar-refractivity contribution in [2.45, 2.75) is 46.5 Å². The lowest BCUT2D eigenvalue weighted by Gasteiger charge is -2.21. The molecular formula is C29H30N4. The van der Waals surface area contributed by atoms with E-state index in [2.05, 4.69) is 111 Å². The molecule has 33 heavy (non-hydrogen) atoms. The lowest BCUT2D eigenvalue weighted by atomic mass is 9.92. The molecule has 0 aliphatic heterocycles. The molecule has 3 aromatic carbocycles. The van der Waals surface area contributed by atoms with E-state index < -0.39 is 0 Å². The third-order valence-corrected chi connectivity index (χ3v) is 6.33. The summed E-state index contributed by atoms with van der Waals surface area (Å²) in [5.41, 5.74) is 8.13. The summed E-state index contributed by atoms with van der Waals surface area (Å²) >= 11 is 0. The highest BCUT2D eigenvalue weighted by Crippen LogP contribution is 2.36. The van der Waals surface area contributed by atoms with Crippen LogP contribution in [0.25, 0.3) is 33.8 Å². The SMILES string of the molecule is Cc1nc2c(-c3nccn3-c3c(C(C)C)cccc3C(C)C)cccc2n1-c1ccccc1.